The lowest BCUT2D eigenvalue weighted by molar-refractivity contribution is -0.370. The van der Waals surface area contributed by atoms with E-state index >= 15 is 0 Å². The van der Waals surface area contributed by atoms with Gasteiger partial charge in [0, 0.05) is 13.8 Å². The molecule has 31 nitrogen and oxygen atoms in total. The summed E-state index contributed by atoms with van der Waals surface area (Å²) in [7, 11) is -10.6. The van der Waals surface area contributed by atoms with Gasteiger partial charge in [0.15, 0.2) is 37.4 Å². The molecule has 352 valence electrons. The SMILES string of the molecule is CC(=O)N[C@@H]1[C@@H](O)[C@H](O[C@H]2O[C@H](C(=O)O)[C@@H](O[C@@H]3O[C@H](COS(=O)(=O)O)[C@@H](O[C@H]4O[C@H](C(=O)O)[C@@H](O)[C@H](O)[C@H]4O)[C@H](O)[C@H]3NC(C)=O)[C@H](O)[C@H]2O)[C@@H](COS(=O)(=O)O)O[C@H]1O. The van der Waals surface area contributed by atoms with Gasteiger partial charge in [-0.3, -0.25) is 18.7 Å². The van der Waals surface area contributed by atoms with E-state index in [0.717, 1.165) is 13.8 Å². The Morgan fingerprint density at radius 1 is 0.508 bits per heavy atom. The van der Waals surface area contributed by atoms with Gasteiger partial charge >= 0.3 is 32.7 Å². The normalized spacial score (nSPS) is 42.3. The third-order valence-electron chi connectivity index (χ3n) is 9.34. The van der Waals surface area contributed by atoms with Gasteiger partial charge in [0.1, 0.15) is 85.3 Å². The van der Waals surface area contributed by atoms with Crippen LogP contribution >= 0.6 is 0 Å². The average Bonchev–Trinajstić information content (AvgIpc) is 3.13. The minimum absolute atomic E-state index is 0.851. The van der Waals surface area contributed by atoms with Crippen LogP contribution in [0.3, 0.4) is 0 Å². The molecule has 0 unspecified atom stereocenters. The van der Waals surface area contributed by atoms with E-state index in [1.807, 2.05) is 0 Å². The summed E-state index contributed by atoms with van der Waals surface area (Å²) < 4.78 is 110. The van der Waals surface area contributed by atoms with Crippen molar-refractivity contribution in [2.45, 2.75) is 137 Å². The quantitative estimate of drug-likeness (QED) is 0.0639. The number of ether oxygens (including phenoxy) is 7. The highest BCUT2D eigenvalue weighted by atomic mass is 32.3. The number of nitrogens with one attached hydrogen (secondary N) is 2. The van der Waals surface area contributed by atoms with E-state index in [4.69, 9.17) is 37.7 Å². The lowest BCUT2D eigenvalue weighted by atomic mass is 9.94. The molecule has 0 saturated carbocycles. The third-order valence-corrected chi connectivity index (χ3v) is 10.2. The van der Waals surface area contributed by atoms with Gasteiger partial charge in [-0.2, -0.15) is 16.8 Å². The molecule has 4 fully saturated rings. The summed E-state index contributed by atoms with van der Waals surface area (Å²) in [6, 6.07) is -3.77. The lowest BCUT2D eigenvalue weighted by Gasteiger charge is -2.49. The van der Waals surface area contributed by atoms with E-state index in [1.165, 1.54) is 0 Å². The van der Waals surface area contributed by atoms with Crippen molar-refractivity contribution in [2.75, 3.05) is 13.2 Å². The standard InChI is InChI=1S/C28H44N2O29S2/c1-5(31)29-9-11(33)18(7(53-25(9)44)3-51-60(45,46)47)55-28-17(39)15(37)20(22(59-28)24(42)43)57-26-10(30-6(2)32)12(34)19(8(54-26)4-52-61(48,49)50)56-27-16(38)13(35)14(36)21(58-27)23(40)41/h7-22,25-28,33-39,44H,3-4H2,1-2H3,(H,29,31)(H,30,32)(H,40,41)(H,42,43)(H,45,46,47)(H,48,49,50)/t7-,8-,9-,10-,11-,12-,13+,14+,15-,16-,17-,18-,19-,20+,21+,22+,25-,26+,27+,28+/m1/s1. The first-order valence-electron chi connectivity index (χ1n) is 17.4. The predicted octanol–water partition coefficient (Wildman–Crippen LogP) is -9.62. The van der Waals surface area contributed by atoms with Crippen molar-refractivity contribution >= 4 is 44.6 Å². The Bertz CT molecular complexity index is 1790. The molecule has 2 amide bonds. The van der Waals surface area contributed by atoms with Gasteiger partial charge in [-0.15, -0.1) is 0 Å². The van der Waals surface area contributed by atoms with Crippen molar-refractivity contribution in [3.8, 4) is 0 Å². The van der Waals surface area contributed by atoms with Crippen LogP contribution in [0.5, 0.6) is 0 Å². The van der Waals surface area contributed by atoms with Crippen molar-refractivity contribution in [1.29, 1.82) is 0 Å². The fourth-order valence-corrected chi connectivity index (χ4v) is 7.20. The number of hydrogen-bond acceptors (Lipinski definition) is 25. The summed E-state index contributed by atoms with van der Waals surface area (Å²) in [5, 5.41) is 110. The van der Waals surface area contributed by atoms with Crippen LogP contribution < -0.4 is 10.6 Å². The Hall–Kier alpha value is -2.98. The molecule has 14 N–H and O–H groups in total. The van der Waals surface area contributed by atoms with Crippen LogP contribution in [0, 0.1) is 0 Å². The average molecular weight is 937 g/mol. The molecular formula is C28H44N2O29S2. The molecule has 0 radical (unpaired) electrons. The van der Waals surface area contributed by atoms with E-state index in [-0.39, 0.29) is 0 Å². The monoisotopic (exact) mass is 936 g/mol. The minimum Gasteiger partial charge on any atom is -0.479 e. The number of carboxylic acid groups (broad SMARTS) is 2. The van der Waals surface area contributed by atoms with Crippen molar-refractivity contribution in [3.05, 3.63) is 0 Å². The molecule has 0 aromatic heterocycles. The summed E-state index contributed by atoms with van der Waals surface area (Å²) in [5.74, 6) is -5.74. The Balaban J connectivity index is 1.64. The first-order valence-corrected chi connectivity index (χ1v) is 20.1. The molecule has 4 heterocycles. The van der Waals surface area contributed by atoms with E-state index in [0.29, 0.717) is 0 Å². The van der Waals surface area contributed by atoms with Crippen LogP contribution in [-0.2, 0) is 81.5 Å². The number of aliphatic carboxylic acids is 2. The van der Waals surface area contributed by atoms with Crippen molar-refractivity contribution < 1.29 is 138 Å². The van der Waals surface area contributed by atoms with Crippen LogP contribution in [0.15, 0.2) is 0 Å². The number of hydrogen-bond donors (Lipinski definition) is 14. The maximum atomic E-state index is 12.5. The largest absolute Gasteiger partial charge is 0.479 e. The Morgan fingerprint density at radius 2 is 0.918 bits per heavy atom. The van der Waals surface area contributed by atoms with Gasteiger partial charge in [0.05, 0.1) is 13.2 Å². The smallest absolute Gasteiger partial charge is 0.397 e. The number of amides is 2. The number of aliphatic hydroxyl groups excluding tert-OH is 8. The maximum absolute atomic E-state index is 12.5. The molecule has 33 heteroatoms. The molecule has 61 heavy (non-hydrogen) atoms. The molecule has 0 bridgehead atoms. The van der Waals surface area contributed by atoms with Crippen LogP contribution in [0.2, 0.25) is 0 Å². The summed E-state index contributed by atoms with van der Waals surface area (Å²) in [6.07, 6.45) is -40.6. The van der Waals surface area contributed by atoms with Gasteiger partial charge in [0.25, 0.3) is 0 Å². The minimum atomic E-state index is -5.36. The molecule has 4 aliphatic heterocycles. The zero-order valence-electron chi connectivity index (χ0n) is 31.1. The number of aliphatic hydroxyl groups is 8. The number of carbonyl (C=O) groups is 4. The Kier molecular flexibility index (Phi) is 16.8. The summed E-state index contributed by atoms with van der Waals surface area (Å²) >= 11 is 0. The topological polar surface area (TPSA) is 486 Å². The van der Waals surface area contributed by atoms with Gasteiger partial charge in [0.2, 0.25) is 11.8 Å². The zero-order valence-corrected chi connectivity index (χ0v) is 32.7. The fourth-order valence-electron chi connectivity index (χ4n) is 6.59. The second-order valence-electron chi connectivity index (χ2n) is 13.7. The van der Waals surface area contributed by atoms with Crippen molar-refractivity contribution in [3.63, 3.8) is 0 Å². The molecule has 4 rings (SSSR count). The van der Waals surface area contributed by atoms with E-state index in [9.17, 15) is 91.6 Å². The third kappa shape index (κ3) is 12.6. The fraction of sp³-hybridized carbons (Fsp3) is 0.857. The molecule has 4 saturated heterocycles. The van der Waals surface area contributed by atoms with Gasteiger partial charge in [-0.25, -0.2) is 18.0 Å². The first-order chi connectivity index (χ1) is 28.1. The van der Waals surface area contributed by atoms with Crippen LogP contribution in [0.1, 0.15) is 13.8 Å². The van der Waals surface area contributed by atoms with Crippen molar-refractivity contribution in [1.82, 2.24) is 10.6 Å². The van der Waals surface area contributed by atoms with Crippen LogP contribution in [0.25, 0.3) is 0 Å². The van der Waals surface area contributed by atoms with Crippen LogP contribution in [0.4, 0.5) is 0 Å². The maximum Gasteiger partial charge on any atom is 0.397 e. The second kappa shape index (κ2) is 20.2. The Labute approximate surface area is 342 Å². The number of carbonyl (C=O) groups excluding carboxylic acids is 2. The van der Waals surface area contributed by atoms with E-state index in [1.54, 1.807) is 0 Å². The Morgan fingerprint density at radius 3 is 1.38 bits per heavy atom. The van der Waals surface area contributed by atoms with E-state index < -0.39 is 180 Å². The first kappa shape index (κ1) is 50.7. The zero-order chi connectivity index (χ0) is 46.0. The molecule has 0 aromatic rings. The molecule has 4 aliphatic rings. The summed E-state index contributed by atoms with van der Waals surface area (Å²) in [6.45, 7) is -0.765. The molecule has 0 aliphatic carbocycles. The van der Waals surface area contributed by atoms with Gasteiger partial charge < -0.3 is 94.9 Å². The van der Waals surface area contributed by atoms with Crippen LogP contribution in [-0.4, -0.2) is 237 Å². The van der Waals surface area contributed by atoms with Gasteiger partial charge in [-0.1, -0.05) is 0 Å². The van der Waals surface area contributed by atoms with Crippen molar-refractivity contribution in [2.24, 2.45) is 0 Å². The van der Waals surface area contributed by atoms with Gasteiger partial charge in [-0.05, 0) is 0 Å². The number of rotatable bonds is 16. The molecule has 0 aromatic carbocycles. The summed E-state index contributed by atoms with van der Waals surface area (Å²) in [5.41, 5.74) is 0. The molecule has 20 atom stereocenters. The lowest BCUT2D eigenvalue weighted by Crippen LogP contribution is -2.70. The number of carboxylic acids is 2. The highest BCUT2D eigenvalue weighted by Crippen LogP contribution is 2.35. The predicted molar refractivity (Wildman–Crippen MR) is 179 cm³/mol. The highest BCUT2D eigenvalue weighted by Gasteiger charge is 2.57. The summed E-state index contributed by atoms with van der Waals surface area (Å²) in [4.78, 5) is 48.2. The molecule has 0 spiro atoms. The van der Waals surface area contributed by atoms with E-state index in [2.05, 4.69) is 19.0 Å². The highest BCUT2D eigenvalue weighted by molar-refractivity contribution is 7.81. The molecular weight excluding hydrogens is 892 g/mol. The second-order valence-corrected chi connectivity index (χ2v) is 15.9.